The molecule has 7 rings (SSSR count). The Hall–Kier alpha value is -4.37. The molecule has 2 fully saturated rings. The minimum Gasteiger partial charge on any atom is -0.443 e. The summed E-state index contributed by atoms with van der Waals surface area (Å²) in [5, 5.41) is 4.17. The molecule has 0 radical (unpaired) electrons. The molecule has 1 aliphatic carbocycles. The Morgan fingerprint density at radius 1 is 0.975 bits per heavy atom. The fourth-order valence-corrected chi connectivity index (χ4v) is 6.10. The lowest BCUT2D eigenvalue weighted by atomic mass is 9.98. The van der Waals surface area contributed by atoms with Crippen molar-refractivity contribution in [2.75, 3.05) is 25.5 Å². The molecule has 1 unspecified atom stereocenters. The largest absolute Gasteiger partial charge is 0.443 e. The Morgan fingerprint density at radius 2 is 1.82 bits per heavy atom. The van der Waals surface area contributed by atoms with Crippen molar-refractivity contribution in [2.24, 2.45) is 0 Å². The van der Waals surface area contributed by atoms with Gasteiger partial charge in [-0.2, -0.15) is 4.98 Å². The van der Waals surface area contributed by atoms with Crippen LogP contribution in [0.1, 0.15) is 49.6 Å². The lowest BCUT2D eigenvalue weighted by Crippen LogP contribution is -2.26. The molecule has 0 bridgehead atoms. The summed E-state index contributed by atoms with van der Waals surface area (Å²) >= 11 is 0. The predicted octanol–water partition coefficient (Wildman–Crippen LogP) is 5.79. The Labute approximate surface area is 231 Å². The van der Waals surface area contributed by atoms with Gasteiger partial charge in [-0.05, 0) is 74.7 Å². The first-order chi connectivity index (χ1) is 19.6. The highest BCUT2D eigenvalue weighted by Gasteiger charge is 2.24. The molecular formula is C31H31N7O2. The van der Waals surface area contributed by atoms with Crippen LogP contribution in [0.4, 0.5) is 11.6 Å². The lowest BCUT2D eigenvalue weighted by molar-refractivity contribution is 0.411. The van der Waals surface area contributed by atoms with Crippen molar-refractivity contribution in [3.05, 3.63) is 83.4 Å². The van der Waals surface area contributed by atoms with E-state index in [-0.39, 0.29) is 11.6 Å². The number of nitrogens with zero attached hydrogens (tertiary/aromatic N) is 6. The second-order valence-corrected chi connectivity index (χ2v) is 10.9. The molecular weight excluding hydrogens is 502 g/mol. The van der Waals surface area contributed by atoms with Crippen LogP contribution in [-0.4, -0.2) is 49.5 Å². The number of oxazole rings is 1. The number of hydrogen-bond donors (Lipinski definition) is 1. The predicted molar refractivity (Wildman–Crippen MR) is 155 cm³/mol. The van der Waals surface area contributed by atoms with Crippen molar-refractivity contribution in [1.82, 2.24) is 29.4 Å². The molecule has 9 heteroatoms. The summed E-state index contributed by atoms with van der Waals surface area (Å²) < 4.78 is 7.25. The van der Waals surface area contributed by atoms with E-state index in [2.05, 4.69) is 56.5 Å². The van der Waals surface area contributed by atoms with Crippen molar-refractivity contribution >= 4 is 22.7 Å². The van der Waals surface area contributed by atoms with Gasteiger partial charge in [0.2, 0.25) is 5.95 Å². The second kappa shape index (κ2) is 10.3. The van der Waals surface area contributed by atoms with Gasteiger partial charge in [-0.1, -0.05) is 25.0 Å². The van der Waals surface area contributed by atoms with E-state index in [4.69, 9.17) is 9.40 Å². The minimum atomic E-state index is -0.0742. The fourth-order valence-electron chi connectivity index (χ4n) is 6.10. The Morgan fingerprint density at radius 3 is 2.52 bits per heavy atom. The molecule has 2 aliphatic rings. The SMILES string of the molecule is CN1CCC(c2ccc(Nc3ncc4cc(-c5ccc(-c6cnco6)cn5)c(=O)n(C5CCCC5)c4n3)cc2)C1. The van der Waals surface area contributed by atoms with E-state index in [1.54, 1.807) is 18.6 Å². The number of pyridine rings is 2. The summed E-state index contributed by atoms with van der Waals surface area (Å²) in [6, 6.07) is 14.3. The van der Waals surface area contributed by atoms with Gasteiger partial charge >= 0.3 is 0 Å². The maximum atomic E-state index is 14.0. The Bertz CT molecular complexity index is 1690. The average Bonchev–Trinajstić information content (AvgIpc) is 3.77. The monoisotopic (exact) mass is 533 g/mol. The zero-order valence-electron chi connectivity index (χ0n) is 22.5. The van der Waals surface area contributed by atoms with Gasteiger partial charge in [0.05, 0.1) is 17.5 Å². The number of anilines is 2. The van der Waals surface area contributed by atoms with Crippen LogP contribution in [0.2, 0.25) is 0 Å². The van der Waals surface area contributed by atoms with E-state index < -0.39 is 0 Å². The summed E-state index contributed by atoms with van der Waals surface area (Å²) in [5.41, 5.74) is 4.83. The normalized spacial score (nSPS) is 18.1. The second-order valence-electron chi connectivity index (χ2n) is 10.9. The first-order valence-corrected chi connectivity index (χ1v) is 14.0. The van der Waals surface area contributed by atoms with Crippen LogP contribution in [0.3, 0.4) is 0 Å². The molecule has 0 amide bonds. The van der Waals surface area contributed by atoms with E-state index in [0.717, 1.165) is 55.4 Å². The van der Waals surface area contributed by atoms with E-state index in [0.29, 0.717) is 34.5 Å². The topological polar surface area (TPSA) is 102 Å². The standard InChI is InChI=1S/C31H31N7O2/c1-37-13-12-22(18-37)20-6-9-24(10-7-20)35-31-34-16-23-14-26(27-11-8-21(15-33-27)28-17-32-19-40-28)30(39)38(29(23)36-31)25-4-2-3-5-25/h6-11,14-17,19,22,25H,2-5,12-13,18H2,1H3,(H,34,35,36). The van der Waals surface area contributed by atoms with Gasteiger partial charge in [0, 0.05) is 41.6 Å². The summed E-state index contributed by atoms with van der Waals surface area (Å²) in [4.78, 5) is 34.4. The summed E-state index contributed by atoms with van der Waals surface area (Å²) in [7, 11) is 2.17. The number of likely N-dealkylation sites (N-methyl/N-ethyl adjacent to an activating group) is 1. The molecule has 9 nitrogen and oxygen atoms in total. The van der Waals surface area contributed by atoms with Gasteiger partial charge in [0.15, 0.2) is 12.2 Å². The van der Waals surface area contributed by atoms with Crippen LogP contribution in [0.15, 0.2) is 76.7 Å². The van der Waals surface area contributed by atoms with Crippen molar-refractivity contribution in [1.29, 1.82) is 0 Å². The highest BCUT2D eigenvalue weighted by molar-refractivity contribution is 5.81. The number of aromatic nitrogens is 5. The van der Waals surface area contributed by atoms with Crippen molar-refractivity contribution in [3.8, 4) is 22.6 Å². The average molecular weight is 534 g/mol. The van der Waals surface area contributed by atoms with Crippen LogP contribution in [0.5, 0.6) is 0 Å². The van der Waals surface area contributed by atoms with Gasteiger partial charge < -0.3 is 14.6 Å². The number of benzene rings is 1. The minimum absolute atomic E-state index is 0.0742. The van der Waals surface area contributed by atoms with Crippen molar-refractivity contribution in [3.63, 3.8) is 0 Å². The molecule has 0 spiro atoms. The molecule has 1 atom stereocenters. The maximum absolute atomic E-state index is 14.0. The first-order valence-electron chi connectivity index (χ1n) is 14.0. The van der Waals surface area contributed by atoms with Gasteiger partial charge in [-0.3, -0.25) is 14.3 Å². The van der Waals surface area contributed by atoms with Gasteiger partial charge in [0.25, 0.3) is 5.56 Å². The molecule has 1 N–H and O–H groups in total. The quantitative estimate of drug-likeness (QED) is 0.293. The molecule has 202 valence electrons. The van der Waals surface area contributed by atoms with Gasteiger partial charge in [-0.15, -0.1) is 0 Å². The highest BCUT2D eigenvalue weighted by Crippen LogP contribution is 2.33. The zero-order valence-corrected chi connectivity index (χ0v) is 22.5. The molecule has 5 heterocycles. The van der Waals surface area contributed by atoms with E-state index in [1.807, 2.05) is 22.8 Å². The van der Waals surface area contributed by atoms with Crippen LogP contribution >= 0.6 is 0 Å². The molecule has 1 aliphatic heterocycles. The fraction of sp³-hybridized carbons (Fsp3) is 0.323. The molecule has 1 saturated heterocycles. The van der Waals surface area contributed by atoms with Crippen LogP contribution in [0, 0.1) is 0 Å². The number of nitrogens with one attached hydrogen (secondary N) is 1. The lowest BCUT2D eigenvalue weighted by Gasteiger charge is -2.18. The smallest absolute Gasteiger partial charge is 0.261 e. The summed E-state index contributed by atoms with van der Waals surface area (Å²) in [6.45, 7) is 2.24. The van der Waals surface area contributed by atoms with Crippen LogP contribution in [0.25, 0.3) is 33.6 Å². The van der Waals surface area contributed by atoms with Gasteiger partial charge in [-0.25, -0.2) is 9.97 Å². The Balaban J connectivity index is 1.23. The van der Waals surface area contributed by atoms with Crippen molar-refractivity contribution < 1.29 is 4.42 Å². The van der Waals surface area contributed by atoms with E-state index in [1.165, 1.54) is 18.4 Å². The number of hydrogen-bond acceptors (Lipinski definition) is 8. The third-order valence-electron chi connectivity index (χ3n) is 8.25. The maximum Gasteiger partial charge on any atom is 0.261 e. The van der Waals surface area contributed by atoms with Crippen LogP contribution in [-0.2, 0) is 0 Å². The van der Waals surface area contributed by atoms with Crippen molar-refractivity contribution in [2.45, 2.75) is 44.1 Å². The molecule has 4 aromatic heterocycles. The zero-order chi connectivity index (χ0) is 27.1. The first kappa shape index (κ1) is 24.7. The molecule has 5 aromatic rings. The highest BCUT2D eigenvalue weighted by atomic mass is 16.3. The van der Waals surface area contributed by atoms with Gasteiger partial charge in [0.1, 0.15) is 5.65 Å². The molecule has 1 aromatic carbocycles. The molecule has 1 saturated carbocycles. The third-order valence-corrected chi connectivity index (χ3v) is 8.25. The Kier molecular flexibility index (Phi) is 6.36. The van der Waals surface area contributed by atoms with Crippen LogP contribution < -0.4 is 10.9 Å². The number of likely N-dealkylation sites (tertiary alicyclic amines) is 1. The summed E-state index contributed by atoms with van der Waals surface area (Å²) in [6.07, 6.45) is 11.9. The number of rotatable bonds is 6. The molecule has 40 heavy (non-hydrogen) atoms. The summed E-state index contributed by atoms with van der Waals surface area (Å²) in [5.74, 6) is 1.70. The third kappa shape index (κ3) is 4.66. The van der Waals surface area contributed by atoms with E-state index in [9.17, 15) is 4.79 Å². The van der Waals surface area contributed by atoms with E-state index >= 15 is 0 Å². The number of fused-ring (bicyclic) bond motifs is 1.